The molecule has 0 aliphatic heterocycles. The van der Waals surface area contributed by atoms with Gasteiger partial charge in [-0.15, -0.1) is 0 Å². The lowest BCUT2D eigenvalue weighted by molar-refractivity contribution is -0.122. The molecule has 1 saturated carbocycles. The molecule has 27 heavy (non-hydrogen) atoms. The Labute approximate surface area is 154 Å². The van der Waals surface area contributed by atoms with Crippen LogP contribution in [0, 0.1) is 5.92 Å². The number of hydrogen-bond acceptors (Lipinski definition) is 6. The number of carbonyl (C=O) groups excluding carboxylic acids is 1. The molecule has 1 N–H and O–H groups in total. The predicted octanol–water partition coefficient (Wildman–Crippen LogP) is 2.47. The summed E-state index contributed by atoms with van der Waals surface area (Å²) in [5.74, 6) is 1.08. The van der Waals surface area contributed by atoms with Gasteiger partial charge in [0, 0.05) is 23.2 Å². The summed E-state index contributed by atoms with van der Waals surface area (Å²) in [5.41, 5.74) is 3.36. The van der Waals surface area contributed by atoms with Crippen LogP contribution in [0.3, 0.4) is 0 Å². The van der Waals surface area contributed by atoms with Crippen LogP contribution >= 0.6 is 0 Å². The zero-order chi connectivity index (χ0) is 18.2. The average molecular weight is 360 g/mol. The molecule has 3 aromatic heterocycles. The highest BCUT2D eigenvalue weighted by molar-refractivity contribution is 5.80. The summed E-state index contributed by atoms with van der Waals surface area (Å²) in [6, 6.07) is 11.5. The molecule has 0 saturated heterocycles. The lowest BCUT2D eigenvalue weighted by Crippen LogP contribution is -2.24. The minimum Gasteiger partial charge on any atom is -0.347 e. The van der Waals surface area contributed by atoms with E-state index in [-0.39, 0.29) is 18.4 Å². The van der Waals surface area contributed by atoms with Crippen LogP contribution in [-0.4, -0.2) is 30.6 Å². The van der Waals surface area contributed by atoms with Crippen LogP contribution < -0.4 is 5.32 Å². The fourth-order valence-corrected chi connectivity index (χ4v) is 2.88. The summed E-state index contributed by atoms with van der Waals surface area (Å²) in [6.07, 6.45) is 5.53. The molecule has 1 fully saturated rings. The van der Waals surface area contributed by atoms with Crippen molar-refractivity contribution in [2.24, 2.45) is 5.92 Å². The average Bonchev–Trinajstić information content (AvgIpc) is 3.29. The van der Waals surface area contributed by atoms with Crippen molar-refractivity contribution in [2.75, 3.05) is 0 Å². The third-order valence-corrected chi connectivity index (χ3v) is 4.48. The molecule has 1 aromatic carbocycles. The van der Waals surface area contributed by atoms with Gasteiger partial charge in [-0.1, -0.05) is 23.4 Å². The van der Waals surface area contributed by atoms with Gasteiger partial charge in [-0.25, -0.2) is 9.50 Å². The van der Waals surface area contributed by atoms with E-state index in [2.05, 4.69) is 25.5 Å². The van der Waals surface area contributed by atoms with Crippen molar-refractivity contribution >= 4 is 11.6 Å². The van der Waals surface area contributed by atoms with Crippen molar-refractivity contribution in [3.63, 3.8) is 0 Å². The largest absolute Gasteiger partial charge is 0.347 e. The van der Waals surface area contributed by atoms with Gasteiger partial charge in [0.05, 0.1) is 18.4 Å². The van der Waals surface area contributed by atoms with Gasteiger partial charge in [-0.3, -0.25) is 4.79 Å². The van der Waals surface area contributed by atoms with Crippen molar-refractivity contribution in [3.05, 3.63) is 54.7 Å². The quantitative estimate of drug-likeness (QED) is 0.587. The second kappa shape index (κ2) is 6.31. The van der Waals surface area contributed by atoms with E-state index in [0.29, 0.717) is 11.7 Å². The molecule has 1 aliphatic rings. The number of aromatic nitrogens is 5. The summed E-state index contributed by atoms with van der Waals surface area (Å²) in [7, 11) is 0. The molecule has 134 valence electrons. The number of rotatable bonds is 5. The number of nitrogens with zero attached hydrogens (tertiary/aromatic N) is 5. The number of fused-ring (bicyclic) bond motifs is 1. The van der Waals surface area contributed by atoms with Crippen molar-refractivity contribution in [1.29, 1.82) is 0 Å². The fraction of sp³-hybridized carbons (Fsp3) is 0.211. The zero-order valence-corrected chi connectivity index (χ0v) is 14.4. The van der Waals surface area contributed by atoms with Crippen LogP contribution in [0.1, 0.15) is 18.7 Å². The van der Waals surface area contributed by atoms with Crippen LogP contribution in [0.4, 0.5) is 0 Å². The van der Waals surface area contributed by atoms with Gasteiger partial charge < -0.3 is 9.84 Å². The lowest BCUT2D eigenvalue weighted by Gasteiger charge is -1.99. The predicted molar refractivity (Wildman–Crippen MR) is 96.3 cm³/mol. The second-order valence-corrected chi connectivity index (χ2v) is 6.54. The SMILES string of the molecule is O=C(NCc1nc(-c2cccc(-c3cn4ncccc4n3)c2)no1)C1CC1. The van der Waals surface area contributed by atoms with Crippen molar-refractivity contribution < 1.29 is 9.32 Å². The van der Waals surface area contributed by atoms with Gasteiger partial charge >= 0.3 is 0 Å². The molecule has 0 unspecified atom stereocenters. The first kappa shape index (κ1) is 15.7. The van der Waals surface area contributed by atoms with Crippen LogP contribution in [0.15, 0.2) is 53.3 Å². The molecular weight excluding hydrogens is 344 g/mol. The Kier molecular flexibility index (Phi) is 3.67. The Bertz CT molecular complexity index is 1090. The van der Waals surface area contributed by atoms with E-state index < -0.39 is 0 Å². The first-order chi connectivity index (χ1) is 13.3. The summed E-state index contributed by atoms with van der Waals surface area (Å²) < 4.78 is 6.99. The fourth-order valence-electron chi connectivity index (χ4n) is 2.88. The summed E-state index contributed by atoms with van der Waals surface area (Å²) in [6.45, 7) is 0.250. The number of benzene rings is 1. The molecule has 0 spiro atoms. The minimum absolute atomic E-state index is 0.0530. The molecule has 8 nitrogen and oxygen atoms in total. The number of carbonyl (C=O) groups is 1. The highest BCUT2D eigenvalue weighted by atomic mass is 16.5. The van der Waals surface area contributed by atoms with E-state index in [1.165, 1.54) is 0 Å². The number of hydrogen-bond donors (Lipinski definition) is 1. The molecule has 0 radical (unpaired) electrons. The van der Waals surface area contributed by atoms with Gasteiger partial charge in [0.15, 0.2) is 5.65 Å². The molecule has 8 heteroatoms. The molecule has 0 bridgehead atoms. The first-order valence-electron chi connectivity index (χ1n) is 8.78. The van der Waals surface area contributed by atoms with Crippen LogP contribution in [0.25, 0.3) is 28.3 Å². The highest BCUT2D eigenvalue weighted by Crippen LogP contribution is 2.29. The van der Waals surface area contributed by atoms with E-state index in [0.717, 1.165) is 35.3 Å². The van der Waals surface area contributed by atoms with E-state index in [1.54, 1.807) is 10.7 Å². The van der Waals surface area contributed by atoms with E-state index in [1.807, 2.05) is 42.6 Å². The molecular formula is C19H16N6O2. The molecule has 5 rings (SSSR count). The Balaban J connectivity index is 1.38. The van der Waals surface area contributed by atoms with Gasteiger partial charge in [-0.2, -0.15) is 10.1 Å². The standard InChI is InChI=1S/C19H16N6O2/c26-19(12-6-7-12)20-10-17-23-18(24-27-17)14-4-1-3-13(9-14)15-11-25-16(22-15)5-2-8-21-25/h1-5,8-9,11-12H,6-7,10H2,(H,20,26). The topological polar surface area (TPSA) is 98.2 Å². The minimum atomic E-state index is 0.0530. The summed E-state index contributed by atoms with van der Waals surface area (Å²) in [4.78, 5) is 20.7. The molecule has 1 amide bonds. The van der Waals surface area contributed by atoms with Gasteiger partial charge in [0.1, 0.15) is 0 Å². The van der Waals surface area contributed by atoms with Crippen LogP contribution in [-0.2, 0) is 11.3 Å². The molecule has 3 heterocycles. The Morgan fingerprint density at radius 2 is 2.07 bits per heavy atom. The zero-order valence-electron chi connectivity index (χ0n) is 14.4. The Morgan fingerprint density at radius 3 is 2.93 bits per heavy atom. The monoisotopic (exact) mass is 360 g/mol. The maximum Gasteiger partial charge on any atom is 0.246 e. The summed E-state index contributed by atoms with van der Waals surface area (Å²) >= 11 is 0. The van der Waals surface area contributed by atoms with Gasteiger partial charge in [0.2, 0.25) is 17.6 Å². The maximum atomic E-state index is 11.7. The molecule has 0 atom stereocenters. The number of nitrogens with one attached hydrogen (secondary N) is 1. The smallest absolute Gasteiger partial charge is 0.246 e. The third kappa shape index (κ3) is 3.17. The first-order valence-corrected chi connectivity index (χ1v) is 8.78. The third-order valence-electron chi connectivity index (χ3n) is 4.48. The second-order valence-electron chi connectivity index (χ2n) is 6.54. The van der Waals surface area contributed by atoms with Crippen LogP contribution in [0.5, 0.6) is 0 Å². The van der Waals surface area contributed by atoms with Crippen molar-refractivity contribution in [2.45, 2.75) is 19.4 Å². The van der Waals surface area contributed by atoms with Crippen molar-refractivity contribution in [3.8, 4) is 22.6 Å². The maximum absolute atomic E-state index is 11.7. The lowest BCUT2D eigenvalue weighted by atomic mass is 10.1. The van der Waals surface area contributed by atoms with Crippen LogP contribution in [0.2, 0.25) is 0 Å². The number of imidazole rings is 1. The van der Waals surface area contributed by atoms with E-state index in [4.69, 9.17) is 4.52 Å². The van der Waals surface area contributed by atoms with Crippen molar-refractivity contribution in [1.82, 2.24) is 30.1 Å². The van der Waals surface area contributed by atoms with E-state index in [9.17, 15) is 4.79 Å². The Morgan fingerprint density at radius 1 is 1.19 bits per heavy atom. The Hall–Kier alpha value is -3.55. The van der Waals surface area contributed by atoms with E-state index >= 15 is 0 Å². The molecule has 4 aromatic rings. The normalized spacial score (nSPS) is 13.8. The van der Waals surface area contributed by atoms with Gasteiger partial charge in [-0.05, 0) is 31.0 Å². The molecule has 1 aliphatic carbocycles. The summed E-state index contributed by atoms with van der Waals surface area (Å²) in [5, 5.41) is 11.1. The number of amides is 1. The highest BCUT2D eigenvalue weighted by Gasteiger charge is 2.29. The van der Waals surface area contributed by atoms with Gasteiger partial charge in [0.25, 0.3) is 0 Å².